The molecule has 1 aliphatic rings. The van der Waals surface area contributed by atoms with E-state index in [0.29, 0.717) is 5.92 Å². The lowest BCUT2D eigenvalue weighted by molar-refractivity contribution is -0.114. The molecular weight excluding hydrogens is 112 g/mol. The number of ketones is 1. The van der Waals surface area contributed by atoms with E-state index in [1.54, 1.807) is 6.08 Å². The first-order chi connectivity index (χ1) is 4.29. The fourth-order valence-corrected chi connectivity index (χ4v) is 0.725. The summed E-state index contributed by atoms with van der Waals surface area (Å²) in [6, 6.07) is 0. The van der Waals surface area contributed by atoms with Crippen LogP contribution in [0.2, 0.25) is 0 Å². The van der Waals surface area contributed by atoms with Gasteiger partial charge in [-0.05, 0) is 12.0 Å². The van der Waals surface area contributed by atoms with Crippen molar-refractivity contribution in [1.82, 2.24) is 0 Å². The van der Waals surface area contributed by atoms with E-state index in [2.05, 4.69) is 0 Å². The molecule has 1 unspecified atom stereocenters. The van der Waals surface area contributed by atoms with E-state index >= 15 is 0 Å². The second-order valence-electron chi connectivity index (χ2n) is 2.01. The lowest BCUT2D eigenvalue weighted by Crippen LogP contribution is -1.88. The van der Waals surface area contributed by atoms with Gasteiger partial charge in [-0.2, -0.15) is 0 Å². The van der Waals surface area contributed by atoms with E-state index in [1.165, 1.54) is 0 Å². The molecule has 0 saturated carbocycles. The Balaban J connectivity index is 0.000000291. The summed E-state index contributed by atoms with van der Waals surface area (Å²) in [5.41, 5.74) is 0. The van der Waals surface area contributed by atoms with E-state index in [4.69, 9.17) is 0 Å². The van der Waals surface area contributed by atoms with E-state index in [9.17, 15) is 4.79 Å². The highest BCUT2D eigenvalue weighted by Gasteiger charge is 2.08. The Bertz CT molecular complexity index is 114. The minimum absolute atomic E-state index is 0.271. The summed E-state index contributed by atoms with van der Waals surface area (Å²) in [4.78, 5) is 10.4. The molecule has 52 valence electrons. The molecule has 1 rings (SSSR count). The normalized spacial score (nSPS) is 23.4. The average molecular weight is 126 g/mol. The van der Waals surface area contributed by atoms with Crippen molar-refractivity contribution in [3.8, 4) is 0 Å². The maximum absolute atomic E-state index is 10.4. The molecule has 0 amide bonds. The van der Waals surface area contributed by atoms with Crippen LogP contribution in [-0.4, -0.2) is 5.78 Å². The molecule has 0 saturated heterocycles. The Hall–Kier alpha value is -0.590. The van der Waals surface area contributed by atoms with Gasteiger partial charge in [-0.1, -0.05) is 26.8 Å². The lowest BCUT2D eigenvalue weighted by atomic mass is 10.2. The third-order valence-electron chi connectivity index (χ3n) is 1.13. The van der Waals surface area contributed by atoms with Crippen molar-refractivity contribution in [3.05, 3.63) is 12.2 Å². The van der Waals surface area contributed by atoms with Crippen LogP contribution in [0.4, 0.5) is 0 Å². The monoisotopic (exact) mass is 126 g/mol. The van der Waals surface area contributed by atoms with Gasteiger partial charge in [-0.25, -0.2) is 0 Å². The maximum Gasteiger partial charge on any atom is 0.155 e. The largest absolute Gasteiger partial charge is 0.295 e. The number of carbonyl (C=O) groups excluding carboxylic acids is 1. The fourth-order valence-electron chi connectivity index (χ4n) is 0.725. The number of allylic oxidation sites excluding steroid dienone is 2. The standard InChI is InChI=1S/C6H8O.C2H6/c1-5-2-3-6(7)4-5;1-2/h2-3,5H,4H2,1H3;1-2H3. The molecule has 1 atom stereocenters. The van der Waals surface area contributed by atoms with Gasteiger partial charge in [0.1, 0.15) is 0 Å². The zero-order valence-corrected chi connectivity index (χ0v) is 6.35. The molecule has 0 bridgehead atoms. The summed E-state index contributed by atoms with van der Waals surface area (Å²) in [6.45, 7) is 6.04. The van der Waals surface area contributed by atoms with Crippen LogP contribution in [0.25, 0.3) is 0 Å². The third kappa shape index (κ3) is 3.07. The van der Waals surface area contributed by atoms with Crippen LogP contribution >= 0.6 is 0 Å². The predicted octanol–water partition coefficient (Wildman–Crippen LogP) is 2.18. The number of hydrogen-bond donors (Lipinski definition) is 0. The first kappa shape index (κ1) is 8.41. The topological polar surface area (TPSA) is 17.1 Å². The number of carbonyl (C=O) groups is 1. The highest BCUT2D eigenvalue weighted by molar-refractivity contribution is 5.92. The molecule has 9 heavy (non-hydrogen) atoms. The molecule has 1 aliphatic carbocycles. The van der Waals surface area contributed by atoms with Gasteiger partial charge < -0.3 is 0 Å². The molecule has 0 aromatic carbocycles. The van der Waals surface area contributed by atoms with E-state index in [1.807, 2.05) is 26.8 Å². The molecule has 0 spiro atoms. The first-order valence-electron chi connectivity index (χ1n) is 3.50. The summed E-state index contributed by atoms with van der Waals surface area (Å²) in [5.74, 6) is 0.764. The van der Waals surface area contributed by atoms with Crippen LogP contribution in [-0.2, 0) is 4.79 Å². The van der Waals surface area contributed by atoms with Crippen LogP contribution in [0, 0.1) is 5.92 Å². The van der Waals surface area contributed by atoms with Gasteiger partial charge in [0.25, 0.3) is 0 Å². The lowest BCUT2D eigenvalue weighted by Gasteiger charge is -1.88. The maximum atomic E-state index is 10.4. The van der Waals surface area contributed by atoms with Gasteiger partial charge in [0, 0.05) is 6.42 Å². The molecule has 1 heteroatoms. The smallest absolute Gasteiger partial charge is 0.155 e. The average Bonchev–Trinajstić information content (AvgIpc) is 2.20. The van der Waals surface area contributed by atoms with Crippen LogP contribution in [0.15, 0.2) is 12.2 Å². The SMILES string of the molecule is CC.CC1C=CC(=O)C1. The molecule has 1 nitrogen and oxygen atoms in total. The van der Waals surface area contributed by atoms with Crippen LogP contribution in [0.3, 0.4) is 0 Å². The molecule has 0 aliphatic heterocycles. The van der Waals surface area contributed by atoms with Crippen molar-refractivity contribution < 1.29 is 4.79 Å². The summed E-state index contributed by atoms with van der Waals surface area (Å²) >= 11 is 0. The van der Waals surface area contributed by atoms with Crippen molar-refractivity contribution in [2.75, 3.05) is 0 Å². The van der Waals surface area contributed by atoms with Gasteiger partial charge >= 0.3 is 0 Å². The van der Waals surface area contributed by atoms with E-state index < -0.39 is 0 Å². The first-order valence-corrected chi connectivity index (χ1v) is 3.50. The van der Waals surface area contributed by atoms with Crippen LogP contribution in [0.1, 0.15) is 27.2 Å². The van der Waals surface area contributed by atoms with Crippen LogP contribution < -0.4 is 0 Å². The van der Waals surface area contributed by atoms with Gasteiger partial charge in [0.05, 0.1) is 0 Å². The zero-order chi connectivity index (χ0) is 7.28. The van der Waals surface area contributed by atoms with E-state index in [0.717, 1.165) is 6.42 Å². The Morgan fingerprint density at radius 3 is 2.22 bits per heavy atom. The Morgan fingerprint density at radius 1 is 1.56 bits per heavy atom. The van der Waals surface area contributed by atoms with Gasteiger partial charge in [-0.15, -0.1) is 0 Å². The molecular formula is C8H14O. The molecule has 0 fully saturated rings. The van der Waals surface area contributed by atoms with E-state index in [-0.39, 0.29) is 5.78 Å². The van der Waals surface area contributed by atoms with Gasteiger partial charge in [0.2, 0.25) is 0 Å². The molecule has 0 N–H and O–H groups in total. The van der Waals surface area contributed by atoms with Crippen molar-refractivity contribution in [2.45, 2.75) is 27.2 Å². The Labute approximate surface area is 56.8 Å². The van der Waals surface area contributed by atoms with Gasteiger partial charge in [0.15, 0.2) is 5.78 Å². The number of hydrogen-bond acceptors (Lipinski definition) is 1. The van der Waals surface area contributed by atoms with Crippen molar-refractivity contribution >= 4 is 5.78 Å². The van der Waals surface area contributed by atoms with Crippen molar-refractivity contribution in [1.29, 1.82) is 0 Å². The highest BCUT2D eigenvalue weighted by Crippen LogP contribution is 2.11. The quantitative estimate of drug-likeness (QED) is 0.486. The minimum Gasteiger partial charge on any atom is -0.295 e. The fraction of sp³-hybridized carbons (Fsp3) is 0.625. The zero-order valence-electron chi connectivity index (χ0n) is 6.35. The summed E-state index contributed by atoms with van der Waals surface area (Å²) in [5, 5.41) is 0. The molecule has 0 aromatic heterocycles. The minimum atomic E-state index is 0.271. The Kier molecular flexibility index (Phi) is 4.02. The highest BCUT2D eigenvalue weighted by atomic mass is 16.1. The Morgan fingerprint density at radius 2 is 2.11 bits per heavy atom. The van der Waals surface area contributed by atoms with Gasteiger partial charge in [-0.3, -0.25) is 4.79 Å². The van der Waals surface area contributed by atoms with Crippen molar-refractivity contribution in [3.63, 3.8) is 0 Å². The third-order valence-corrected chi connectivity index (χ3v) is 1.13. The number of rotatable bonds is 0. The van der Waals surface area contributed by atoms with Crippen LogP contribution in [0.5, 0.6) is 0 Å². The molecule has 0 heterocycles. The summed E-state index contributed by atoms with van der Waals surface area (Å²) in [6.07, 6.45) is 4.33. The predicted molar refractivity (Wildman–Crippen MR) is 39.3 cm³/mol. The van der Waals surface area contributed by atoms with Crippen molar-refractivity contribution in [2.24, 2.45) is 5.92 Å². The molecule has 0 radical (unpaired) electrons. The second-order valence-corrected chi connectivity index (χ2v) is 2.01. The second kappa shape index (κ2) is 4.30. The molecule has 0 aromatic rings. The summed E-state index contributed by atoms with van der Waals surface area (Å²) < 4.78 is 0. The summed E-state index contributed by atoms with van der Waals surface area (Å²) in [7, 11) is 0.